The van der Waals surface area contributed by atoms with Crippen LogP contribution in [0.2, 0.25) is 0 Å². The number of halogens is 1. The van der Waals surface area contributed by atoms with E-state index in [4.69, 9.17) is 4.74 Å². The number of benzene rings is 1. The van der Waals surface area contributed by atoms with Crippen molar-refractivity contribution in [1.29, 1.82) is 0 Å². The van der Waals surface area contributed by atoms with Crippen LogP contribution >= 0.6 is 24.0 Å². The van der Waals surface area contributed by atoms with Crippen molar-refractivity contribution in [3.63, 3.8) is 0 Å². The Morgan fingerprint density at radius 2 is 2.00 bits per heavy atom. The molecule has 0 aromatic heterocycles. The first kappa shape index (κ1) is 28.6. The van der Waals surface area contributed by atoms with Crippen LogP contribution in [0.15, 0.2) is 35.3 Å². The summed E-state index contributed by atoms with van der Waals surface area (Å²) in [5.74, 6) is 1.07. The molecule has 1 saturated heterocycles. The monoisotopic (exact) mass is 559 g/mol. The third-order valence-corrected chi connectivity index (χ3v) is 5.56. The highest BCUT2D eigenvalue weighted by Crippen LogP contribution is 2.18. The molecule has 2 rings (SSSR count). The first-order valence-electron chi connectivity index (χ1n) is 11.7. The maximum Gasteiger partial charge on any atom is 0.239 e. The van der Waals surface area contributed by atoms with Crippen LogP contribution in [0.1, 0.15) is 51.2 Å². The quantitative estimate of drug-likeness (QED) is 0.178. The number of nitrogens with one attached hydrogen (secondary N) is 2. The van der Waals surface area contributed by atoms with E-state index in [0.29, 0.717) is 6.61 Å². The second-order valence-corrected chi connectivity index (χ2v) is 8.24. The maximum absolute atomic E-state index is 12.3. The predicted octanol–water partition coefficient (Wildman–Crippen LogP) is 3.27. The molecular weight excluding hydrogens is 517 g/mol. The fourth-order valence-corrected chi connectivity index (χ4v) is 3.84. The van der Waals surface area contributed by atoms with Crippen LogP contribution in [-0.2, 0) is 9.53 Å². The summed E-state index contributed by atoms with van der Waals surface area (Å²) in [6, 6.07) is 10.3. The minimum Gasteiger partial charge on any atom is -0.374 e. The highest BCUT2D eigenvalue weighted by atomic mass is 127. The van der Waals surface area contributed by atoms with Gasteiger partial charge in [0, 0.05) is 46.9 Å². The van der Waals surface area contributed by atoms with Gasteiger partial charge < -0.3 is 20.3 Å². The van der Waals surface area contributed by atoms with Crippen molar-refractivity contribution < 1.29 is 9.53 Å². The van der Waals surface area contributed by atoms with E-state index in [9.17, 15) is 4.79 Å². The molecule has 1 aliphatic rings. The molecule has 0 spiro atoms. The number of rotatable bonds is 12. The number of aliphatic imine (C=N–C) groups is 1. The van der Waals surface area contributed by atoms with Gasteiger partial charge >= 0.3 is 0 Å². The summed E-state index contributed by atoms with van der Waals surface area (Å²) in [4.78, 5) is 21.0. The molecule has 2 unspecified atom stereocenters. The molecule has 1 amide bonds. The Labute approximate surface area is 211 Å². The first-order chi connectivity index (χ1) is 15.0. The maximum atomic E-state index is 12.3. The van der Waals surface area contributed by atoms with Gasteiger partial charge in [0.05, 0.1) is 12.1 Å². The van der Waals surface area contributed by atoms with Gasteiger partial charge in [0.2, 0.25) is 5.91 Å². The molecule has 0 radical (unpaired) electrons. The molecule has 1 aromatic rings. The predicted molar refractivity (Wildman–Crippen MR) is 143 cm³/mol. The van der Waals surface area contributed by atoms with Gasteiger partial charge in [-0.3, -0.25) is 14.7 Å². The standard InChI is InChI=1S/C24H41N5O2.HI/c1-5-25-24(27-16-11-19-31-20(2)21-12-7-6-8-13-21)26-15-10-18-29-17-9-14-22(29)23(30)28(3)4;/h6-8,12-13,20,22H,5,9-11,14-19H2,1-4H3,(H2,25,26,27);1H. The van der Waals surface area contributed by atoms with Gasteiger partial charge in [-0.05, 0) is 51.6 Å². The summed E-state index contributed by atoms with van der Waals surface area (Å²) in [6.07, 6.45) is 4.05. The number of carbonyl (C=O) groups is 1. The Kier molecular flexibility index (Phi) is 14.6. The summed E-state index contributed by atoms with van der Waals surface area (Å²) >= 11 is 0. The third-order valence-electron chi connectivity index (χ3n) is 5.56. The van der Waals surface area contributed by atoms with Crippen molar-refractivity contribution in [2.24, 2.45) is 4.99 Å². The molecule has 0 aliphatic carbocycles. The first-order valence-corrected chi connectivity index (χ1v) is 11.7. The zero-order valence-corrected chi connectivity index (χ0v) is 22.5. The van der Waals surface area contributed by atoms with E-state index in [0.717, 1.165) is 64.4 Å². The van der Waals surface area contributed by atoms with E-state index in [1.165, 1.54) is 5.56 Å². The van der Waals surface area contributed by atoms with Crippen LogP contribution in [0, 0.1) is 0 Å². The van der Waals surface area contributed by atoms with Crippen molar-refractivity contribution in [3.8, 4) is 0 Å². The van der Waals surface area contributed by atoms with Crippen molar-refractivity contribution in [2.75, 3.05) is 53.4 Å². The number of hydrogen-bond donors (Lipinski definition) is 2. The number of likely N-dealkylation sites (N-methyl/N-ethyl adjacent to an activating group) is 1. The van der Waals surface area contributed by atoms with Gasteiger partial charge in [-0.1, -0.05) is 30.3 Å². The molecule has 0 bridgehead atoms. The lowest BCUT2D eigenvalue weighted by Gasteiger charge is -2.26. The van der Waals surface area contributed by atoms with E-state index in [1.54, 1.807) is 4.90 Å². The molecule has 32 heavy (non-hydrogen) atoms. The summed E-state index contributed by atoms with van der Waals surface area (Å²) in [7, 11) is 3.68. The molecule has 1 aromatic carbocycles. The Hall–Kier alpha value is -1.39. The fourth-order valence-electron chi connectivity index (χ4n) is 3.84. The summed E-state index contributed by atoms with van der Waals surface area (Å²) in [5, 5.41) is 6.72. The number of ether oxygens (including phenoxy) is 1. The van der Waals surface area contributed by atoms with Crippen LogP contribution in [-0.4, -0.2) is 81.1 Å². The van der Waals surface area contributed by atoms with Crippen molar-refractivity contribution >= 4 is 35.8 Å². The SMILES string of the molecule is CCNC(=NCCCOC(C)c1ccccc1)NCCCN1CCCC1C(=O)N(C)C.I. The minimum atomic E-state index is 0. The molecule has 1 aliphatic heterocycles. The van der Waals surface area contributed by atoms with Gasteiger partial charge in [0.15, 0.2) is 5.96 Å². The van der Waals surface area contributed by atoms with Gasteiger partial charge in [-0.2, -0.15) is 0 Å². The molecule has 1 heterocycles. The van der Waals surface area contributed by atoms with Crippen LogP contribution in [0.3, 0.4) is 0 Å². The lowest BCUT2D eigenvalue weighted by Crippen LogP contribution is -2.44. The largest absolute Gasteiger partial charge is 0.374 e. The summed E-state index contributed by atoms with van der Waals surface area (Å²) in [5.41, 5.74) is 1.20. The second-order valence-electron chi connectivity index (χ2n) is 8.24. The zero-order valence-electron chi connectivity index (χ0n) is 20.2. The van der Waals surface area contributed by atoms with E-state index in [1.807, 2.05) is 32.3 Å². The van der Waals surface area contributed by atoms with E-state index < -0.39 is 0 Å². The number of likely N-dealkylation sites (tertiary alicyclic amines) is 1. The van der Waals surface area contributed by atoms with Gasteiger partial charge in [0.1, 0.15) is 0 Å². The zero-order chi connectivity index (χ0) is 22.5. The molecule has 2 atom stereocenters. The second kappa shape index (κ2) is 16.3. The molecule has 8 heteroatoms. The number of hydrogen-bond acceptors (Lipinski definition) is 4. The Balaban J connectivity index is 0.00000512. The van der Waals surface area contributed by atoms with E-state index in [2.05, 4.69) is 46.5 Å². The lowest BCUT2D eigenvalue weighted by molar-refractivity contribution is -0.133. The number of nitrogens with zero attached hydrogens (tertiary/aromatic N) is 3. The number of amides is 1. The van der Waals surface area contributed by atoms with Crippen LogP contribution < -0.4 is 10.6 Å². The number of carbonyl (C=O) groups excluding carboxylic acids is 1. The lowest BCUT2D eigenvalue weighted by atomic mass is 10.1. The average Bonchev–Trinajstić information content (AvgIpc) is 3.24. The topological polar surface area (TPSA) is 69.2 Å². The molecule has 1 fully saturated rings. The summed E-state index contributed by atoms with van der Waals surface area (Å²) in [6.45, 7) is 9.19. The highest BCUT2D eigenvalue weighted by molar-refractivity contribution is 14.0. The van der Waals surface area contributed by atoms with Gasteiger partial charge in [0.25, 0.3) is 0 Å². The Bertz CT molecular complexity index is 672. The van der Waals surface area contributed by atoms with E-state index >= 15 is 0 Å². The fraction of sp³-hybridized carbons (Fsp3) is 0.667. The molecular formula is C24H42IN5O2. The molecule has 2 N–H and O–H groups in total. The normalized spacial score (nSPS) is 17.5. The highest BCUT2D eigenvalue weighted by Gasteiger charge is 2.30. The van der Waals surface area contributed by atoms with Crippen LogP contribution in [0.5, 0.6) is 0 Å². The van der Waals surface area contributed by atoms with Crippen LogP contribution in [0.25, 0.3) is 0 Å². The van der Waals surface area contributed by atoms with Crippen LogP contribution in [0.4, 0.5) is 0 Å². The summed E-state index contributed by atoms with van der Waals surface area (Å²) < 4.78 is 5.92. The average molecular weight is 560 g/mol. The Morgan fingerprint density at radius 3 is 2.69 bits per heavy atom. The molecule has 0 saturated carbocycles. The van der Waals surface area contributed by atoms with Crippen molar-refractivity contribution in [1.82, 2.24) is 20.4 Å². The third kappa shape index (κ3) is 10.0. The molecule has 7 nitrogen and oxygen atoms in total. The van der Waals surface area contributed by atoms with Gasteiger partial charge in [-0.25, -0.2) is 0 Å². The van der Waals surface area contributed by atoms with E-state index in [-0.39, 0.29) is 42.0 Å². The minimum absolute atomic E-state index is 0. The molecule has 182 valence electrons. The Morgan fingerprint density at radius 1 is 1.25 bits per heavy atom. The van der Waals surface area contributed by atoms with Crippen molar-refractivity contribution in [2.45, 2.75) is 51.7 Å². The smallest absolute Gasteiger partial charge is 0.239 e. The van der Waals surface area contributed by atoms with Crippen molar-refractivity contribution in [3.05, 3.63) is 35.9 Å². The number of guanidine groups is 1. The van der Waals surface area contributed by atoms with Gasteiger partial charge in [-0.15, -0.1) is 24.0 Å².